The van der Waals surface area contributed by atoms with Crippen LogP contribution in [0.3, 0.4) is 0 Å². The summed E-state index contributed by atoms with van der Waals surface area (Å²) in [5, 5.41) is 0. The van der Waals surface area contributed by atoms with Crippen LogP contribution in [0.4, 0.5) is 0 Å². The molecule has 0 aromatic carbocycles. The lowest BCUT2D eigenvalue weighted by Crippen LogP contribution is -2.38. The van der Waals surface area contributed by atoms with Crippen molar-refractivity contribution in [1.82, 2.24) is 5.43 Å². The van der Waals surface area contributed by atoms with E-state index in [1.54, 1.807) is 7.11 Å². The van der Waals surface area contributed by atoms with Gasteiger partial charge in [0.15, 0.2) is 0 Å². The highest BCUT2D eigenvalue weighted by molar-refractivity contribution is 7.98. The van der Waals surface area contributed by atoms with E-state index in [4.69, 9.17) is 10.6 Å². The fraction of sp³-hybridized carbons (Fsp3) is 1.00. The highest BCUT2D eigenvalue weighted by atomic mass is 32.2. The average molecular weight is 164 g/mol. The minimum absolute atomic E-state index is 0.303. The van der Waals surface area contributed by atoms with Crippen LogP contribution >= 0.6 is 11.8 Å². The topological polar surface area (TPSA) is 47.3 Å². The van der Waals surface area contributed by atoms with Gasteiger partial charge in [0.05, 0.1) is 6.61 Å². The van der Waals surface area contributed by atoms with Gasteiger partial charge in [-0.15, -0.1) is 0 Å². The summed E-state index contributed by atoms with van der Waals surface area (Å²) < 4.78 is 4.94. The van der Waals surface area contributed by atoms with Crippen molar-refractivity contribution in [2.24, 2.45) is 5.84 Å². The predicted molar refractivity (Wildman–Crippen MR) is 46.0 cm³/mol. The van der Waals surface area contributed by atoms with Crippen LogP contribution in [0.25, 0.3) is 0 Å². The summed E-state index contributed by atoms with van der Waals surface area (Å²) in [7, 11) is 1.68. The molecule has 0 radical (unpaired) electrons. The molecule has 0 saturated heterocycles. The predicted octanol–water partition coefficient (Wildman–Crippen LogP) is 0.218. The van der Waals surface area contributed by atoms with Crippen LogP contribution in [0.2, 0.25) is 0 Å². The van der Waals surface area contributed by atoms with Crippen molar-refractivity contribution >= 4 is 11.8 Å². The van der Waals surface area contributed by atoms with Gasteiger partial charge in [0.1, 0.15) is 0 Å². The van der Waals surface area contributed by atoms with Crippen LogP contribution < -0.4 is 11.3 Å². The van der Waals surface area contributed by atoms with Gasteiger partial charge in [0.25, 0.3) is 0 Å². The SMILES string of the molecule is COCC(CCSC)NN. The number of thioether (sulfide) groups is 1. The van der Waals surface area contributed by atoms with E-state index in [1.165, 1.54) is 0 Å². The summed E-state index contributed by atoms with van der Waals surface area (Å²) in [4.78, 5) is 0. The van der Waals surface area contributed by atoms with Gasteiger partial charge < -0.3 is 4.74 Å². The molecule has 3 nitrogen and oxygen atoms in total. The molecule has 0 heterocycles. The first-order chi connectivity index (χ1) is 4.85. The summed E-state index contributed by atoms with van der Waals surface area (Å²) >= 11 is 1.82. The molecule has 0 aliphatic rings. The Balaban J connectivity index is 3.21. The summed E-state index contributed by atoms with van der Waals surface area (Å²) in [6.07, 6.45) is 3.14. The number of rotatable bonds is 6. The van der Waals surface area contributed by atoms with Crippen molar-refractivity contribution < 1.29 is 4.74 Å². The number of hydrazine groups is 1. The van der Waals surface area contributed by atoms with Gasteiger partial charge in [-0.05, 0) is 18.4 Å². The van der Waals surface area contributed by atoms with Gasteiger partial charge >= 0.3 is 0 Å². The molecule has 3 N–H and O–H groups in total. The molecule has 0 aromatic heterocycles. The molecule has 0 saturated carbocycles. The van der Waals surface area contributed by atoms with E-state index in [1.807, 2.05) is 11.8 Å². The van der Waals surface area contributed by atoms with Crippen molar-refractivity contribution in [3.8, 4) is 0 Å². The van der Waals surface area contributed by atoms with Gasteiger partial charge in [0.2, 0.25) is 0 Å². The largest absolute Gasteiger partial charge is 0.383 e. The lowest BCUT2D eigenvalue weighted by atomic mass is 10.2. The molecule has 0 amide bonds. The third-order valence-electron chi connectivity index (χ3n) is 1.27. The molecule has 0 spiro atoms. The van der Waals surface area contributed by atoms with Crippen molar-refractivity contribution in [2.45, 2.75) is 12.5 Å². The Hall–Kier alpha value is 0.230. The maximum Gasteiger partial charge on any atom is 0.0629 e. The second kappa shape index (κ2) is 7.34. The number of ether oxygens (including phenoxy) is 1. The molecule has 0 fully saturated rings. The van der Waals surface area contributed by atoms with Crippen LogP contribution in [-0.2, 0) is 4.74 Å². The highest BCUT2D eigenvalue weighted by Gasteiger charge is 2.03. The quantitative estimate of drug-likeness (QED) is 0.435. The monoisotopic (exact) mass is 164 g/mol. The number of hydrogen-bond acceptors (Lipinski definition) is 4. The molecular weight excluding hydrogens is 148 g/mol. The average Bonchev–Trinajstić information content (AvgIpc) is 1.98. The fourth-order valence-corrected chi connectivity index (χ4v) is 1.20. The van der Waals surface area contributed by atoms with Crippen LogP contribution in [0.1, 0.15) is 6.42 Å². The third-order valence-corrected chi connectivity index (χ3v) is 1.92. The highest BCUT2D eigenvalue weighted by Crippen LogP contribution is 1.99. The van der Waals surface area contributed by atoms with Crippen LogP contribution in [-0.4, -0.2) is 31.8 Å². The van der Waals surface area contributed by atoms with Gasteiger partial charge in [-0.25, -0.2) is 0 Å². The molecule has 0 bridgehead atoms. The lowest BCUT2D eigenvalue weighted by Gasteiger charge is -2.12. The summed E-state index contributed by atoms with van der Waals surface area (Å²) in [6.45, 7) is 0.692. The molecule has 4 heteroatoms. The first-order valence-corrected chi connectivity index (χ1v) is 4.68. The first kappa shape index (κ1) is 10.2. The Kier molecular flexibility index (Phi) is 7.51. The Labute approximate surface area is 66.7 Å². The Bertz CT molecular complexity index is 72.8. The van der Waals surface area contributed by atoms with E-state index in [-0.39, 0.29) is 0 Å². The number of hydrogen-bond donors (Lipinski definition) is 2. The van der Waals surface area contributed by atoms with E-state index < -0.39 is 0 Å². The third kappa shape index (κ3) is 5.05. The van der Waals surface area contributed by atoms with Gasteiger partial charge in [-0.1, -0.05) is 0 Å². The molecule has 0 aliphatic carbocycles. The van der Waals surface area contributed by atoms with Crippen LogP contribution in [0, 0.1) is 0 Å². The van der Waals surface area contributed by atoms with Crippen LogP contribution in [0.15, 0.2) is 0 Å². The number of nitrogens with one attached hydrogen (secondary N) is 1. The Morgan fingerprint density at radius 2 is 2.40 bits per heavy atom. The van der Waals surface area contributed by atoms with Crippen molar-refractivity contribution in [1.29, 1.82) is 0 Å². The molecule has 1 unspecified atom stereocenters. The summed E-state index contributed by atoms with van der Waals surface area (Å²) in [5.41, 5.74) is 2.70. The molecule has 62 valence electrons. The molecule has 0 rings (SSSR count). The van der Waals surface area contributed by atoms with E-state index in [0.29, 0.717) is 12.6 Å². The molecule has 1 atom stereocenters. The second-order valence-corrected chi connectivity index (χ2v) is 3.09. The van der Waals surface area contributed by atoms with E-state index in [0.717, 1.165) is 12.2 Å². The van der Waals surface area contributed by atoms with Gasteiger partial charge in [0, 0.05) is 13.2 Å². The maximum absolute atomic E-state index is 5.26. The van der Waals surface area contributed by atoms with Crippen molar-refractivity contribution in [3.05, 3.63) is 0 Å². The molecule has 0 aliphatic heterocycles. The molecule has 0 aromatic rings. The summed E-state index contributed by atoms with van der Waals surface area (Å²) in [6, 6.07) is 0.303. The normalized spacial score (nSPS) is 13.5. The van der Waals surface area contributed by atoms with Gasteiger partial charge in [-0.2, -0.15) is 11.8 Å². The summed E-state index contributed by atoms with van der Waals surface area (Å²) in [5.74, 6) is 6.38. The minimum Gasteiger partial charge on any atom is -0.383 e. The second-order valence-electron chi connectivity index (χ2n) is 2.10. The minimum atomic E-state index is 0.303. The number of nitrogens with two attached hydrogens (primary N) is 1. The standard InChI is InChI=1S/C6H16N2OS/c1-9-5-6(8-7)3-4-10-2/h6,8H,3-5,7H2,1-2H3. The molecular formula is C6H16N2OS. The zero-order valence-corrected chi connectivity index (χ0v) is 7.41. The lowest BCUT2D eigenvalue weighted by molar-refractivity contribution is 0.165. The van der Waals surface area contributed by atoms with Gasteiger partial charge in [-0.3, -0.25) is 11.3 Å². The fourth-order valence-electron chi connectivity index (χ4n) is 0.676. The van der Waals surface area contributed by atoms with Crippen molar-refractivity contribution in [2.75, 3.05) is 25.7 Å². The Morgan fingerprint density at radius 1 is 1.70 bits per heavy atom. The zero-order chi connectivity index (χ0) is 7.82. The first-order valence-electron chi connectivity index (χ1n) is 3.29. The van der Waals surface area contributed by atoms with E-state index >= 15 is 0 Å². The van der Waals surface area contributed by atoms with Crippen LogP contribution in [0.5, 0.6) is 0 Å². The smallest absolute Gasteiger partial charge is 0.0629 e. The Morgan fingerprint density at radius 3 is 2.80 bits per heavy atom. The maximum atomic E-state index is 5.26. The van der Waals surface area contributed by atoms with Crippen molar-refractivity contribution in [3.63, 3.8) is 0 Å². The molecule has 10 heavy (non-hydrogen) atoms. The van der Waals surface area contributed by atoms with E-state index in [2.05, 4.69) is 11.7 Å². The number of methoxy groups -OCH3 is 1. The zero-order valence-electron chi connectivity index (χ0n) is 6.59. The van der Waals surface area contributed by atoms with E-state index in [9.17, 15) is 0 Å².